The normalized spacial score (nSPS) is 35.9. The molecular formula is C27H42N2O7S2. The highest BCUT2D eigenvalue weighted by Crippen LogP contribution is 2.41. The Morgan fingerprint density at radius 2 is 1.87 bits per heavy atom. The summed E-state index contributed by atoms with van der Waals surface area (Å²) in [5.41, 5.74) is 0.177. The summed E-state index contributed by atoms with van der Waals surface area (Å²) >= 11 is 1.50. The van der Waals surface area contributed by atoms with Crippen molar-refractivity contribution in [2.45, 2.75) is 104 Å². The number of thiazole rings is 1. The molecule has 8 unspecified atom stereocenters. The Kier molecular flexibility index (Phi) is 9.62. The van der Waals surface area contributed by atoms with Crippen molar-refractivity contribution in [2.75, 3.05) is 6.26 Å². The number of cyclic esters (lactones) is 1. The molecule has 38 heavy (non-hydrogen) atoms. The molecule has 3 rings (SSSR count). The zero-order valence-electron chi connectivity index (χ0n) is 23.4. The summed E-state index contributed by atoms with van der Waals surface area (Å²) < 4.78 is 32.4. The maximum Gasteiger partial charge on any atom is 0.309 e. The van der Waals surface area contributed by atoms with E-state index in [2.05, 4.69) is 4.98 Å². The number of sulfonamides is 1. The Hall–Kier alpha value is -1.66. The van der Waals surface area contributed by atoms with Crippen molar-refractivity contribution >= 4 is 39.2 Å². The molecule has 2 aliphatic heterocycles. The topological polar surface area (TPSA) is 134 Å². The first-order chi connectivity index (χ1) is 17.5. The van der Waals surface area contributed by atoms with Crippen LogP contribution in [0.4, 0.5) is 0 Å². The number of hydrogen-bond donors (Lipinski definition) is 2. The van der Waals surface area contributed by atoms with Crippen molar-refractivity contribution in [2.24, 2.45) is 17.3 Å². The number of ketones is 1. The molecule has 1 aromatic heterocycles. The number of ether oxygens (including phenoxy) is 1. The lowest BCUT2D eigenvalue weighted by Crippen LogP contribution is -2.45. The van der Waals surface area contributed by atoms with Gasteiger partial charge in [0.25, 0.3) is 0 Å². The number of aliphatic hydroxyl groups is 2. The summed E-state index contributed by atoms with van der Waals surface area (Å²) in [7, 11) is -3.47. The predicted molar refractivity (Wildman–Crippen MR) is 147 cm³/mol. The molecule has 0 aliphatic carbocycles. The molecule has 9 nitrogen and oxygen atoms in total. The van der Waals surface area contributed by atoms with E-state index in [0.717, 1.165) is 16.3 Å². The molecule has 2 N–H and O–H groups in total. The van der Waals surface area contributed by atoms with Crippen LogP contribution in [0.1, 0.15) is 77.4 Å². The van der Waals surface area contributed by atoms with Crippen molar-refractivity contribution in [1.29, 1.82) is 0 Å². The summed E-state index contributed by atoms with van der Waals surface area (Å²) in [5.74, 6) is -1.92. The van der Waals surface area contributed by atoms with Gasteiger partial charge in [0.1, 0.15) is 11.9 Å². The summed E-state index contributed by atoms with van der Waals surface area (Å²) in [6, 6.07) is -0.542. The molecule has 0 bridgehead atoms. The largest absolute Gasteiger partial charge is 0.458 e. The molecule has 3 heterocycles. The van der Waals surface area contributed by atoms with Crippen LogP contribution in [-0.2, 0) is 24.3 Å². The number of aromatic nitrogens is 1. The van der Waals surface area contributed by atoms with Gasteiger partial charge >= 0.3 is 5.97 Å². The van der Waals surface area contributed by atoms with Crippen LogP contribution in [0.25, 0.3) is 6.08 Å². The third-order valence-corrected chi connectivity index (χ3v) is 10.2. The Morgan fingerprint density at radius 3 is 2.45 bits per heavy atom. The first-order valence-electron chi connectivity index (χ1n) is 13.2. The van der Waals surface area contributed by atoms with E-state index in [0.29, 0.717) is 19.3 Å². The lowest BCUT2D eigenvalue weighted by molar-refractivity contribution is -0.154. The van der Waals surface area contributed by atoms with Gasteiger partial charge in [-0.15, -0.1) is 11.3 Å². The van der Waals surface area contributed by atoms with Crippen molar-refractivity contribution in [3.05, 3.63) is 21.7 Å². The number of nitrogens with zero attached hydrogens (tertiary/aromatic N) is 2. The molecule has 0 amide bonds. The summed E-state index contributed by atoms with van der Waals surface area (Å²) in [6.45, 7) is 10.4. The number of carbonyl (C=O) groups excluding carboxylic acids is 2. The number of fused-ring (bicyclic) bond motifs is 1. The van der Waals surface area contributed by atoms with Crippen molar-refractivity contribution in [1.82, 2.24) is 9.29 Å². The van der Waals surface area contributed by atoms with Crippen LogP contribution in [0.2, 0.25) is 0 Å². The molecule has 2 aliphatic rings. The van der Waals surface area contributed by atoms with Gasteiger partial charge in [-0.2, -0.15) is 4.31 Å². The second kappa shape index (κ2) is 11.8. The monoisotopic (exact) mass is 570 g/mol. The number of carbonyl (C=O) groups is 2. The van der Waals surface area contributed by atoms with Gasteiger partial charge in [0.15, 0.2) is 0 Å². The molecular weight excluding hydrogens is 528 g/mol. The van der Waals surface area contributed by atoms with Crippen molar-refractivity contribution in [3.63, 3.8) is 0 Å². The minimum Gasteiger partial charge on any atom is -0.458 e. The van der Waals surface area contributed by atoms with E-state index in [4.69, 9.17) is 4.74 Å². The van der Waals surface area contributed by atoms with E-state index in [9.17, 15) is 28.2 Å². The minimum atomic E-state index is -3.47. The second-order valence-electron chi connectivity index (χ2n) is 11.6. The lowest BCUT2D eigenvalue weighted by Gasteiger charge is -2.34. The fraction of sp³-hybridized carbons (Fsp3) is 0.741. The van der Waals surface area contributed by atoms with Crippen LogP contribution in [0.5, 0.6) is 0 Å². The van der Waals surface area contributed by atoms with Gasteiger partial charge in [-0.1, -0.05) is 34.1 Å². The standard InChI is InChI=1S/C27H42N2O7S2/c1-15-9-8-10-20-21(29(20)38(7,34)35)12-22(16(2)11-19-14-37-18(4)28-19)36-24(31)13-23(30)27(5,6)26(33)17(3)25(15)32/h11,14-15,17,20-23,25,30,32H,8-10,12-13H2,1-7H3. The maximum atomic E-state index is 13.3. The lowest BCUT2D eigenvalue weighted by atomic mass is 9.73. The van der Waals surface area contributed by atoms with Gasteiger partial charge in [0, 0.05) is 29.8 Å². The van der Waals surface area contributed by atoms with Crippen LogP contribution in [0, 0.1) is 24.2 Å². The molecule has 8 atom stereocenters. The zero-order chi connectivity index (χ0) is 28.6. The molecule has 0 radical (unpaired) electrons. The third-order valence-electron chi connectivity index (χ3n) is 8.14. The molecule has 214 valence electrons. The maximum absolute atomic E-state index is 13.3. The van der Waals surface area contributed by atoms with E-state index in [1.807, 2.05) is 32.2 Å². The molecule has 0 saturated carbocycles. The highest BCUT2D eigenvalue weighted by atomic mass is 32.2. The number of Topliss-reactive ketones (excluding diaryl/α,β-unsaturated/α-hetero) is 1. The summed E-state index contributed by atoms with van der Waals surface area (Å²) in [4.78, 5) is 30.7. The quantitative estimate of drug-likeness (QED) is 0.418. The van der Waals surface area contributed by atoms with Crippen LogP contribution in [-0.4, -0.2) is 76.3 Å². The van der Waals surface area contributed by atoms with E-state index in [1.54, 1.807) is 20.8 Å². The molecule has 0 spiro atoms. The molecule has 0 aromatic carbocycles. The van der Waals surface area contributed by atoms with Crippen molar-refractivity contribution < 1.29 is 33.0 Å². The van der Waals surface area contributed by atoms with Gasteiger partial charge in [-0.3, -0.25) is 9.59 Å². The smallest absolute Gasteiger partial charge is 0.309 e. The molecule has 11 heteroatoms. The van der Waals surface area contributed by atoms with E-state index in [1.165, 1.54) is 21.9 Å². The number of hydrogen-bond acceptors (Lipinski definition) is 9. The van der Waals surface area contributed by atoms with Gasteiger partial charge in [-0.05, 0) is 44.3 Å². The number of aliphatic hydroxyl groups excluding tert-OH is 2. The number of rotatable bonds is 3. The number of aryl methyl sites for hydroxylation is 1. The van der Waals surface area contributed by atoms with Crippen LogP contribution < -0.4 is 0 Å². The fourth-order valence-electron chi connectivity index (χ4n) is 5.54. The van der Waals surface area contributed by atoms with Gasteiger partial charge in [0.2, 0.25) is 10.0 Å². The van der Waals surface area contributed by atoms with Crippen LogP contribution >= 0.6 is 11.3 Å². The van der Waals surface area contributed by atoms with Crippen LogP contribution in [0.3, 0.4) is 0 Å². The first kappa shape index (κ1) is 30.9. The van der Waals surface area contributed by atoms with E-state index >= 15 is 0 Å². The molecule has 2 saturated heterocycles. The molecule has 2 fully saturated rings. The van der Waals surface area contributed by atoms with E-state index in [-0.39, 0.29) is 30.2 Å². The van der Waals surface area contributed by atoms with Crippen LogP contribution in [0.15, 0.2) is 11.0 Å². The highest BCUT2D eigenvalue weighted by molar-refractivity contribution is 7.88. The fourth-order valence-corrected chi connectivity index (χ4v) is 7.51. The Labute approximate surface area is 230 Å². The second-order valence-corrected chi connectivity index (χ2v) is 14.6. The molecule has 1 aromatic rings. The Morgan fingerprint density at radius 1 is 1.21 bits per heavy atom. The highest BCUT2D eigenvalue weighted by Gasteiger charge is 2.54. The van der Waals surface area contributed by atoms with Gasteiger partial charge in [0.05, 0.1) is 41.0 Å². The summed E-state index contributed by atoms with van der Waals surface area (Å²) in [6.07, 6.45) is 1.85. The van der Waals surface area contributed by atoms with E-state index < -0.39 is 52.1 Å². The summed E-state index contributed by atoms with van der Waals surface area (Å²) in [5, 5.41) is 24.6. The first-order valence-corrected chi connectivity index (χ1v) is 16.0. The zero-order valence-corrected chi connectivity index (χ0v) is 25.0. The van der Waals surface area contributed by atoms with Gasteiger partial charge in [-0.25, -0.2) is 13.4 Å². The number of esters is 1. The average Bonchev–Trinajstić information content (AvgIpc) is 3.36. The van der Waals surface area contributed by atoms with Crippen molar-refractivity contribution in [3.8, 4) is 0 Å². The third kappa shape index (κ3) is 7.10. The Balaban J connectivity index is 1.94. The predicted octanol–water partition coefficient (Wildman–Crippen LogP) is 3.33. The van der Waals surface area contributed by atoms with Gasteiger partial charge < -0.3 is 14.9 Å². The average molecular weight is 571 g/mol. The SMILES string of the molecule is CC(=Cc1csc(C)n1)C1CC2C(CCCC(C)C(O)C(C)C(=O)C(C)(C)C(O)CC(=O)O1)N2S(C)(=O)=O. The Bertz CT molecular complexity index is 1160. The minimum absolute atomic E-state index is 0.192.